The second-order valence-electron chi connectivity index (χ2n) is 8.55. The van der Waals surface area contributed by atoms with Gasteiger partial charge in [-0.05, 0) is 36.8 Å². The number of carboxylic acids is 1. The standard InChI is InChI=1S/C21H25NO4S.C8H11NO/c1-2-25-19(21(23)24)15-16-7-9-17(10-8-16)26-13-11-22-12-14-27-20-6-4-3-5-18(20)22;9-8(6-10)7-4-2-1-3-5-7/h3-10,19H,2,11-15H2,1H3,(H,23,24);1-5,8,10H,6,9H2/t19-;/m0./s1. The third-order valence-corrected chi connectivity index (χ3v) is 6.96. The van der Waals surface area contributed by atoms with Gasteiger partial charge in [-0.15, -0.1) is 11.8 Å². The molecule has 0 bridgehead atoms. The number of aliphatic hydroxyl groups excluding tert-OH is 1. The average Bonchev–Trinajstić information content (AvgIpc) is 2.94. The summed E-state index contributed by atoms with van der Waals surface area (Å²) in [5.74, 6) is 0.683. The Kier molecular flexibility index (Phi) is 11.8. The average molecular weight is 525 g/mol. The molecule has 0 amide bonds. The number of fused-ring (bicyclic) bond motifs is 1. The highest BCUT2D eigenvalue weighted by atomic mass is 32.2. The molecule has 3 aromatic carbocycles. The Morgan fingerprint density at radius 2 is 1.78 bits per heavy atom. The maximum Gasteiger partial charge on any atom is 0.133 e. The smallest absolute Gasteiger partial charge is 0.133 e. The van der Waals surface area contributed by atoms with Gasteiger partial charge in [0, 0.05) is 35.8 Å². The summed E-state index contributed by atoms with van der Waals surface area (Å²) in [6.45, 7) is 4.68. The van der Waals surface area contributed by atoms with Gasteiger partial charge in [0.05, 0.1) is 24.8 Å². The number of thioether (sulfide) groups is 1. The summed E-state index contributed by atoms with van der Waals surface area (Å²) in [5, 5.41) is 19.8. The van der Waals surface area contributed by atoms with Crippen molar-refractivity contribution < 1.29 is 30.2 Å². The van der Waals surface area contributed by atoms with E-state index in [0.29, 0.717) is 19.6 Å². The molecule has 2 atom stereocenters. The fraction of sp³-hybridized carbons (Fsp3) is 0.345. The molecule has 4 N–H and O–H groups in total. The number of carbonyl (C=O) groups excluding carboxylic acids is 1. The number of carbonyl (C=O) groups is 1. The zero-order chi connectivity index (χ0) is 26.5. The molecule has 1 aliphatic heterocycles. The number of nitrogens with zero attached hydrogens (tertiary/aromatic N) is 1. The Hall–Kier alpha value is -3.04. The van der Waals surface area contributed by atoms with Crippen LogP contribution >= 0.6 is 11.8 Å². The van der Waals surface area contributed by atoms with Gasteiger partial charge in [0.25, 0.3) is 0 Å². The number of aliphatic hydroxyl groups is 1. The van der Waals surface area contributed by atoms with Crippen molar-refractivity contribution in [1.82, 2.24) is 0 Å². The molecule has 1 heterocycles. The zero-order valence-corrected chi connectivity index (χ0v) is 22.1. The highest BCUT2D eigenvalue weighted by molar-refractivity contribution is 7.99. The normalized spacial score (nSPS) is 14.1. The lowest BCUT2D eigenvalue weighted by atomic mass is 10.1. The number of hydrogen-bond donors (Lipinski definition) is 2. The largest absolute Gasteiger partial charge is 0.547 e. The third kappa shape index (κ3) is 9.09. The number of rotatable bonds is 11. The van der Waals surface area contributed by atoms with Crippen LogP contribution in [0.5, 0.6) is 5.75 Å². The number of aliphatic carboxylic acids is 1. The molecule has 3 aromatic rings. The summed E-state index contributed by atoms with van der Waals surface area (Å²) in [4.78, 5) is 14.8. The number of para-hydroxylation sites is 1. The van der Waals surface area contributed by atoms with Crippen molar-refractivity contribution in [2.75, 3.05) is 43.6 Å². The summed E-state index contributed by atoms with van der Waals surface area (Å²) in [7, 11) is 0. The van der Waals surface area contributed by atoms with E-state index in [4.69, 9.17) is 14.6 Å². The van der Waals surface area contributed by atoms with Crippen LogP contribution in [0.15, 0.2) is 83.8 Å². The van der Waals surface area contributed by atoms with Gasteiger partial charge in [-0.3, -0.25) is 0 Å². The number of carboxylic acid groups (broad SMARTS) is 1. The first-order chi connectivity index (χ1) is 18.0. The number of ether oxygens (including phenoxy) is 2. The Morgan fingerprint density at radius 3 is 2.46 bits per heavy atom. The van der Waals surface area contributed by atoms with Crippen LogP contribution < -0.4 is 20.5 Å². The van der Waals surface area contributed by atoms with Crippen LogP contribution in [-0.2, 0) is 16.0 Å². The molecule has 0 aromatic heterocycles. The molecule has 0 aliphatic carbocycles. The van der Waals surface area contributed by atoms with Gasteiger partial charge in [-0.25, -0.2) is 0 Å². The van der Waals surface area contributed by atoms with Crippen LogP contribution in [0.3, 0.4) is 0 Å². The molecule has 7 nitrogen and oxygen atoms in total. The van der Waals surface area contributed by atoms with Crippen LogP contribution in [0.1, 0.15) is 24.1 Å². The van der Waals surface area contributed by atoms with Crippen molar-refractivity contribution in [3.63, 3.8) is 0 Å². The molecule has 0 fully saturated rings. The third-order valence-electron chi connectivity index (χ3n) is 5.92. The van der Waals surface area contributed by atoms with Crippen molar-refractivity contribution in [3.05, 3.63) is 90.0 Å². The minimum absolute atomic E-state index is 0.0150. The summed E-state index contributed by atoms with van der Waals surface area (Å²) in [6, 6.07) is 25.7. The Morgan fingerprint density at radius 1 is 1.08 bits per heavy atom. The highest BCUT2D eigenvalue weighted by Crippen LogP contribution is 2.34. The van der Waals surface area contributed by atoms with Crippen LogP contribution in [0.25, 0.3) is 0 Å². The minimum Gasteiger partial charge on any atom is -0.547 e. The molecule has 0 spiro atoms. The van der Waals surface area contributed by atoms with Gasteiger partial charge in [-0.2, -0.15) is 0 Å². The fourth-order valence-electron chi connectivity index (χ4n) is 3.91. The molecular weight excluding hydrogens is 488 g/mol. The van der Waals surface area contributed by atoms with Crippen LogP contribution in [0, 0.1) is 0 Å². The number of hydrogen-bond acceptors (Lipinski definition) is 7. The quantitative estimate of drug-likeness (QED) is 0.396. The van der Waals surface area contributed by atoms with Crippen LogP contribution in [0.4, 0.5) is 5.69 Å². The molecule has 0 saturated carbocycles. The summed E-state index contributed by atoms with van der Waals surface area (Å²) in [6.07, 6.45) is -0.627. The second kappa shape index (κ2) is 15.3. The Bertz CT molecular complexity index is 1080. The van der Waals surface area contributed by atoms with E-state index in [-0.39, 0.29) is 12.6 Å². The van der Waals surface area contributed by atoms with Crippen molar-refractivity contribution in [2.24, 2.45) is 0 Å². The number of anilines is 1. The Balaban J connectivity index is 0.000000319. The lowest BCUT2D eigenvalue weighted by Crippen LogP contribution is -2.55. The Labute approximate surface area is 223 Å². The molecule has 4 rings (SSSR count). The molecule has 198 valence electrons. The molecule has 0 radical (unpaired) electrons. The molecule has 1 aliphatic rings. The molecule has 37 heavy (non-hydrogen) atoms. The summed E-state index contributed by atoms with van der Waals surface area (Å²) in [5.41, 5.74) is 7.02. The van der Waals surface area contributed by atoms with E-state index < -0.39 is 12.1 Å². The molecule has 1 unspecified atom stereocenters. The van der Waals surface area contributed by atoms with E-state index in [1.807, 2.05) is 66.4 Å². The van der Waals surface area contributed by atoms with Crippen LogP contribution in [-0.4, -0.2) is 55.8 Å². The maximum absolute atomic E-state index is 11.1. The van der Waals surface area contributed by atoms with Crippen molar-refractivity contribution in [3.8, 4) is 5.75 Å². The SMILES string of the molecule is CCO[C@@H](Cc1ccc(OCCN2CCSc3ccccc32)cc1)C(=O)[O-].[NH3+]C(CO)c1ccccc1. The summed E-state index contributed by atoms with van der Waals surface area (Å²) < 4.78 is 11.1. The van der Waals surface area contributed by atoms with Crippen molar-refractivity contribution in [2.45, 2.75) is 30.4 Å². The number of quaternary nitrogens is 1. The van der Waals surface area contributed by atoms with E-state index in [2.05, 4.69) is 34.9 Å². The summed E-state index contributed by atoms with van der Waals surface area (Å²) >= 11 is 1.90. The van der Waals surface area contributed by atoms with Gasteiger partial charge in [0.2, 0.25) is 0 Å². The van der Waals surface area contributed by atoms with E-state index in [0.717, 1.165) is 35.7 Å². The fourth-order valence-corrected chi connectivity index (χ4v) is 4.96. The van der Waals surface area contributed by atoms with E-state index in [9.17, 15) is 9.90 Å². The van der Waals surface area contributed by atoms with E-state index in [1.165, 1.54) is 10.6 Å². The second-order valence-corrected chi connectivity index (χ2v) is 9.69. The van der Waals surface area contributed by atoms with E-state index >= 15 is 0 Å². The first-order valence-corrected chi connectivity index (χ1v) is 13.5. The minimum atomic E-state index is -1.18. The topological polar surface area (TPSA) is 110 Å². The lowest BCUT2D eigenvalue weighted by Gasteiger charge is -2.30. The van der Waals surface area contributed by atoms with E-state index in [1.54, 1.807) is 6.92 Å². The van der Waals surface area contributed by atoms with Gasteiger partial charge < -0.3 is 35.1 Å². The highest BCUT2D eigenvalue weighted by Gasteiger charge is 2.16. The lowest BCUT2D eigenvalue weighted by molar-refractivity contribution is -0.432. The number of benzene rings is 3. The monoisotopic (exact) mass is 524 g/mol. The van der Waals surface area contributed by atoms with Crippen LogP contribution in [0.2, 0.25) is 0 Å². The predicted molar refractivity (Wildman–Crippen MR) is 145 cm³/mol. The van der Waals surface area contributed by atoms with Gasteiger partial charge in [0.15, 0.2) is 0 Å². The van der Waals surface area contributed by atoms with Gasteiger partial charge >= 0.3 is 0 Å². The van der Waals surface area contributed by atoms with Gasteiger partial charge in [-0.1, -0.05) is 54.6 Å². The maximum atomic E-state index is 11.1. The molecular formula is C29H36N2O5S. The first kappa shape index (κ1) is 28.5. The first-order valence-electron chi connectivity index (χ1n) is 12.5. The zero-order valence-electron chi connectivity index (χ0n) is 21.3. The van der Waals surface area contributed by atoms with Crippen molar-refractivity contribution >= 4 is 23.4 Å². The van der Waals surface area contributed by atoms with Gasteiger partial charge in [0.1, 0.15) is 24.5 Å². The predicted octanol–water partition coefficient (Wildman–Crippen LogP) is 2.34. The molecule has 8 heteroatoms. The molecule has 0 saturated heterocycles. The van der Waals surface area contributed by atoms with Crippen molar-refractivity contribution in [1.29, 1.82) is 0 Å².